The number of nitrogens with zero attached hydrogens (tertiary/aromatic N) is 1. The predicted molar refractivity (Wildman–Crippen MR) is 84.3 cm³/mol. The van der Waals surface area contributed by atoms with Crippen molar-refractivity contribution >= 4 is 6.03 Å². The van der Waals surface area contributed by atoms with Crippen LogP contribution in [0.2, 0.25) is 0 Å². The van der Waals surface area contributed by atoms with Crippen molar-refractivity contribution < 1.29 is 14.6 Å². The van der Waals surface area contributed by atoms with Crippen molar-refractivity contribution in [3.8, 4) is 11.8 Å². The van der Waals surface area contributed by atoms with Crippen LogP contribution in [0.1, 0.15) is 18.9 Å². The molecule has 1 heterocycles. The molecule has 0 aromatic heterocycles. The van der Waals surface area contributed by atoms with E-state index in [2.05, 4.69) is 17.2 Å². The summed E-state index contributed by atoms with van der Waals surface area (Å²) in [5, 5.41) is 12.3. The molecule has 5 heteroatoms. The first-order valence-corrected chi connectivity index (χ1v) is 7.51. The smallest absolute Gasteiger partial charge is 0.318 e. The quantitative estimate of drug-likeness (QED) is 0.825. The molecule has 2 rings (SSSR count). The largest absolute Gasteiger partial charge is 0.393 e. The topological polar surface area (TPSA) is 61.8 Å². The van der Waals surface area contributed by atoms with Gasteiger partial charge in [0.1, 0.15) is 0 Å². The zero-order valence-electron chi connectivity index (χ0n) is 12.8. The second-order valence-corrected chi connectivity index (χ2v) is 5.33. The van der Waals surface area contributed by atoms with E-state index in [4.69, 9.17) is 4.74 Å². The van der Waals surface area contributed by atoms with Crippen LogP contribution >= 0.6 is 0 Å². The zero-order valence-corrected chi connectivity index (χ0v) is 12.8. The molecule has 0 bridgehead atoms. The number of ether oxygens (including phenoxy) is 1. The Morgan fingerprint density at radius 3 is 3.00 bits per heavy atom. The van der Waals surface area contributed by atoms with Crippen LogP contribution in [-0.4, -0.2) is 54.5 Å². The number of amides is 2. The first-order chi connectivity index (χ1) is 10.7. The van der Waals surface area contributed by atoms with E-state index in [0.717, 1.165) is 5.56 Å². The molecule has 1 fully saturated rings. The monoisotopic (exact) mass is 302 g/mol. The molecule has 1 aromatic carbocycles. The third-order valence-electron chi connectivity index (χ3n) is 3.44. The summed E-state index contributed by atoms with van der Waals surface area (Å²) in [6, 6.07) is 9.40. The van der Waals surface area contributed by atoms with Crippen molar-refractivity contribution in [1.29, 1.82) is 0 Å². The van der Waals surface area contributed by atoms with Gasteiger partial charge in [0.15, 0.2) is 0 Å². The van der Waals surface area contributed by atoms with Crippen molar-refractivity contribution in [1.82, 2.24) is 10.2 Å². The van der Waals surface area contributed by atoms with Gasteiger partial charge in [0.25, 0.3) is 0 Å². The number of hydrogen-bond donors (Lipinski definition) is 2. The van der Waals surface area contributed by atoms with Crippen molar-refractivity contribution in [3.05, 3.63) is 35.9 Å². The van der Waals surface area contributed by atoms with Gasteiger partial charge in [0, 0.05) is 12.1 Å². The molecule has 0 radical (unpaired) electrons. The fourth-order valence-corrected chi connectivity index (χ4v) is 2.40. The summed E-state index contributed by atoms with van der Waals surface area (Å²) >= 11 is 0. The summed E-state index contributed by atoms with van der Waals surface area (Å²) in [6.07, 6.45) is 0.0585. The molecule has 22 heavy (non-hydrogen) atoms. The Kier molecular flexibility index (Phi) is 6.26. The lowest BCUT2D eigenvalue weighted by atomic mass is 10.1. The first kappa shape index (κ1) is 16.3. The van der Waals surface area contributed by atoms with Gasteiger partial charge < -0.3 is 20.1 Å². The lowest BCUT2D eigenvalue weighted by Gasteiger charge is -2.36. The molecule has 0 saturated carbocycles. The van der Waals surface area contributed by atoms with Crippen LogP contribution in [0.5, 0.6) is 0 Å². The SMILES string of the molecule is CC(O)CC1COCCN1C(=O)NCC#Cc1ccccc1. The number of morpholine rings is 1. The maximum Gasteiger partial charge on any atom is 0.318 e. The lowest BCUT2D eigenvalue weighted by molar-refractivity contribution is -0.00410. The molecule has 5 nitrogen and oxygen atoms in total. The minimum absolute atomic E-state index is 0.0872. The van der Waals surface area contributed by atoms with Gasteiger partial charge in [-0.05, 0) is 25.5 Å². The number of benzene rings is 1. The summed E-state index contributed by atoms with van der Waals surface area (Å²) in [6.45, 7) is 3.55. The molecule has 118 valence electrons. The van der Waals surface area contributed by atoms with Crippen molar-refractivity contribution in [2.75, 3.05) is 26.3 Å². The van der Waals surface area contributed by atoms with Crippen LogP contribution in [0.25, 0.3) is 0 Å². The predicted octanol–water partition coefficient (Wildman–Crippen LogP) is 1.22. The fraction of sp³-hybridized carbons (Fsp3) is 0.471. The van der Waals surface area contributed by atoms with Gasteiger partial charge in [0.05, 0.1) is 31.9 Å². The minimum Gasteiger partial charge on any atom is -0.393 e. The average Bonchev–Trinajstić information content (AvgIpc) is 2.52. The highest BCUT2D eigenvalue weighted by Crippen LogP contribution is 2.12. The fourth-order valence-electron chi connectivity index (χ4n) is 2.40. The number of aliphatic hydroxyl groups is 1. The van der Waals surface area contributed by atoms with Gasteiger partial charge in [-0.15, -0.1) is 0 Å². The molecular formula is C17H22N2O3. The second-order valence-electron chi connectivity index (χ2n) is 5.33. The average molecular weight is 302 g/mol. The zero-order chi connectivity index (χ0) is 15.8. The van der Waals surface area contributed by atoms with E-state index in [9.17, 15) is 9.90 Å². The summed E-state index contributed by atoms with van der Waals surface area (Å²) in [5.41, 5.74) is 0.926. The Bertz CT molecular complexity index is 534. The molecule has 2 amide bonds. The molecular weight excluding hydrogens is 280 g/mol. The molecule has 0 aliphatic carbocycles. The molecule has 1 aliphatic heterocycles. The van der Waals surface area contributed by atoms with Gasteiger partial charge in [-0.3, -0.25) is 0 Å². The first-order valence-electron chi connectivity index (χ1n) is 7.51. The molecule has 0 spiro atoms. The van der Waals surface area contributed by atoms with Gasteiger partial charge in [0.2, 0.25) is 0 Å². The molecule has 1 saturated heterocycles. The van der Waals surface area contributed by atoms with Gasteiger partial charge >= 0.3 is 6.03 Å². The van der Waals surface area contributed by atoms with E-state index in [1.807, 2.05) is 30.3 Å². The Morgan fingerprint density at radius 2 is 2.27 bits per heavy atom. The van der Waals surface area contributed by atoms with E-state index in [1.54, 1.807) is 11.8 Å². The molecule has 2 atom stereocenters. The van der Waals surface area contributed by atoms with Gasteiger partial charge in [-0.25, -0.2) is 4.79 Å². The van der Waals surface area contributed by atoms with Crippen LogP contribution < -0.4 is 5.32 Å². The van der Waals surface area contributed by atoms with Crippen LogP contribution in [0.3, 0.4) is 0 Å². The number of aliphatic hydroxyl groups excluding tert-OH is 1. The van der Waals surface area contributed by atoms with E-state index in [1.165, 1.54) is 0 Å². The van der Waals surface area contributed by atoms with Crippen LogP contribution in [0.15, 0.2) is 30.3 Å². The van der Waals surface area contributed by atoms with Crippen LogP contribution in [0, 0.1) is 11.8 Å². The number of hydrogen-bond acceptors (Lipinski definition) is 3. The van der Waals surface area contributed by atoms with Crippen molar-refractivity contribution in [2.24, 2.45) is 0 Å². The van der Waals surface area contributed by atoms with Gasteiger partial charge in [-0.1, -0.05) is 30.0 Å². The van der Waals surface area contributed by atoms with E-state index < -0.39 is 6.10 Å². The third kappa shape index (κ3) is 5.06. The van der Waals surface area contributed by atoms with Crippen molar-refractivity contribution in [3.63, 3.8) is 0 Å². The molecule has 1 aromatic rings. The van der Waals surface area contributed by atoms with E-state index in [0.29, 0.717) is 32.7 Å². The number of rotatable bonds is 3. The van der Waals surface area contributed by atoms with Crippen LogP contribution in [-0.2, 0) is 4.74 Å². The van der Waals surface area contributed by atoms with Gasteiger partial charge in [-0.2, -0.15) is 0 Å². The Balaban J connectivity index is 1.84. The number of carbonyl (C=O) groups excluding carboxylic acids is 1. The molecule has 1 aliphatic rings. The normalized spacial score (nSPS) is 19.0. The number of carbonyl (C=O) groups is 1. The van der Waals surface area contributed by atoms with Crippen LogP contribution in [0.4, 0.5) is 4.79 Å². The summed E-state index contributed by atoms with van der Waals surface area (Å²) in [5.74, 6) is 5.94. The number of urea groups is 1. The highest BCUT2D eigenvalue weighted by molar-refractivity contribution is 5.75. The summed E-state index contributed by atoms with van der Waals surface area (Å²) in [7, 11) is 0. The Morgan fingerprint density at radius 1 is 1.50 bits per heavy atom. The molecule has 2 N–H and O–H groups in total. The van der Waals surface area contributed by atoms with E-state index >= 15 is 0 Å². The minimum atomic E-state index is -0.458. The Hall–Kier alpha value is -2.03. The van der Waals surface area contributed by atoms with Crippen molar-refractivity contribution in [2.45, 2.75) is 25.5 Å². The second kappa shape index (κ2) is 8.42. The molecule has 2 unspecified atom stereocenters. The Labute approximate surface area is 131 Å². The highest BCUT2D eigenvalue weighted by atomic mass is 16.5. The van der Waals surface area contributed by atoms with E-state index in [-0.39, 0.29) is 12.1 Å². The maximum atomic E-state index is 12.2. The summed E-state index contributed by atoms with van der Waals surface area (Å²) < 4.78 is 5.39. The maximum absolute atomic E-state index is 12.2. The standard InChI is InChI=1S/C17H22N2O3/c1-14(20)12-16-13-22-11-10-19(16)17(21)18-9-5-8-15-6-3-2-4-7-15/h2-4,6-7,14,16,20H,9-13H2,1H3,(H,18,21). The lowest BCUT2D eigenvalue weighted by Crippen LogP contribution is -2.53. The highest BCUT2D eigenvalue weighted by Gasteiger charge is 2.27. The third-order valence-corrected chi connectivity index (χ3v) is 3.44. The number of nitrogens with one attached hydrogen (secondary N) is 1. The summed E-state index contributed by atoms with van der Waals surface area (Å²) in [4.78, 5) is 13.9.